The van der Waals surface area contributed by atoms with Crippen LogP contribution in [0.15, 0.2) is 18.2 Å². The number of amides is 2. The first kappa shape index (κ1) is 17.0. The van der Waals surface area contributed by atoms with Crippen molar-refractivity contribution in [2.45, 2.75) is 38.5 Å². The molecule has 1 saturated heterocycles. The smallest absolute Gasteiger partial charge is 0.321 e. The Kier molecular flexibility index (Phi) is 4.96. The van der Waals surface area contributed by atoms with Gasteiger partial charge < -0.3 is 19.5 Å². The topological polar surface area (TPSA) is 60.0 Å². The van der Waals surface area contributed by atoms with E-state index in [2.05, 4.69) is 18.3 Å². The second-order valence-corrected chi connectivity index (χ2v) is 6.23. The van der Waals surface area contributed by atoms with Crippen LogP contribution in [0.3, 0.4) is 0 Å². The van der Waals surface area contributed by atoms with Crippen LogP contribution in [0.2, 0.25) is 0 Å². The van der Waals surface area contributed by atoms with E-state index in [1.807, 2.05) is 19.1 Å². The molecule has 2 aliphatic heterocycles. The Hall–Kier alpha value is -1.79. The molecule has 3 rings (SSSR count). The van der Waals surface area contributed by atoms with Gasteiger partial charge in [-0.1, -0.05) is 25.1 Å². The summed E-state index contributed by atoms with van der Waals surface area (Å²) in [5, 5.41) is 3.11. The standard InChI is InChI=1S/C18H26N2O4/c1-4-13-7-6-8-14-15-11-18(12-22-3,24-16(13)14)20(17(21)19-15)9-10-23-5-2/h6-8,15H,4-5,9-12H2,1-3H3,(H,19,21). The van der Waals surface area contributed by atoms with Gasteiger partial charge in [-0.15, -0.1) is 0 Å². The van der Waals surface area contributed by atoms with Gasteiger partial charge in [0.2, 0.25) is 5.72 Å². The number of para-hydroxylation sites is 1. The van der Waals surface area contributed by atoms with Gasteiger partial charge in [0.25, 0.3) is 0 Å². The number of nitrogens with one attached hydrogen (secondary N) is 1. The van der Waals surface area contributed by atoms with E-state index in [0.717, 1.165) is 23.3 Å². The molecule has 0 aliphatic carbocycles. The molecule has 0 saturated carbocycles. The van der Waals surface area contributed by atoms with Crippen LogP contribution in [-0.2, 0) is 15.9 Å². The third-order valence-corrected chi connectivity index (χ3v) is 4.77. The fourth-order valence-corrected chi connectivity index (χ4v) is 3.65. The molecule has 6 nitrogen and oxygen atoms in total. The molecule has 0 radical (unpaired) electrons. The number of methoxy groups -OCH3 is 1. The van der Waals surface area contributed by atoms with Crippen LogP contribution in [-0.4, -0.2) is 50.1 Å². The summed E-state index contributed by atoms with van der Waals surface area (Å²) in [4.78, 5) is 14.4. The zero-order chi connectivity index (χ0) is 17.2. The lowest BCUT2D eigenvalue weighted by atomic mass is 9.88. The van der Waals surface area contributed by atoms with Crippen molar-refractivity contribution in [2.24, 2.45) is 0 Å². The normalized spacial score (nSPS) is 25.0. The number of urea groups is 1. The fourth-order valence-electron chi connectivity index (χ4n) is 3.65. The van der Waals surface area contributed by atoms with Crippen LogP contribution >= 0.6 is 0 Å². The monoisotopic (exact) mass is 334 g/mol. The highest BCUT2D eigenvalue weighted by atomic mass is 16.6. The lowest BCUT2D eigenvalue weighted by molar-refractivity contribution is -0.139. The summed E-state index contributed by atoms with van der Waals surface area (Å²) in [5.74, 6) is 0.884. The first-order valence-electron chi connectivity index (χ1n) is 8.60. The molecule has 2 unspecified atom stereocenters. The second-order valence-electron chi connectivity index (χ2n) is 6.23. The number of fused-ring (bicyclic) bond motifs is 4. The second kappa shape index (κ2) is 6.99. The molecule has 1 N–H and O–H groups in total. The average molecular weight is 334 g/mol. The van der Waals surface area contributed by atoms with Gasteiger partial charge in [0.05, 0.1) is 12.6 Å². The Morgan fingerprint density at radius 2 is 2.25 bits per heavy atom. The van der Waals surface area contributed by atoms with Gasteiger partial charge in [0.15, 0.2) is 0 Å². The van der Waals surface area contributed by atoms with E-state index < -0.39 is 5.72 Å². The molecule has 2 amide bonds. The number of benzene rings is 1. The molecule has 2 bridgehead atoms. The van der Waals surface area contributed by atoms with Gasteiger partial charge in [-0.2, -0.15) is 0 Å². The Bertz CT molecular complexity index is 607. The van der Waals surface area contributed by atoms with Gasteiger partial charge in [-0.25, -0.2) is 4.79 Å². The van der Waals surface area contributed by atoms with Crippen molar-refractivity contribution in [1.29, 1.82) is 0 Å². The summed E-state index contributed by atoms with van der Waals surface area (Å²) < 4.78 is 17.3. The Morgan fingerprint density at radius 1 is 1.42 bits per heavy atom. The highest BCUT2D eigenvalue weighted by Gasteiger charge is 2.52. The maximum atomic E-state index is 12.7. The number of nitrogens with zero attached hydrogens (tertiary/aromatic N) is 1. The van der Waals surface area contributed by atoms with E-state index in [-0.39, 0.29) is 12.1 Å². The Labute approximate surface area is 143 Å². The molecule has 2 atom stereocenters. The minimum absolute atomic E-state index is 0.0498. The number of aryl methyl sites for hydroxylation is 1. The van der Waals surface area contributed by atoms with Crippen LogP contribution in [0.4, 0.5) is 4.79 Å². The summed E-state index contributed by atoms with van der Waals surface area (Å²) in [5.41, 5.74) is 1.43. The van der Waals surface area contributed by atoms with Crippen molar-refractivity contribution in [2.75, 3.05) is 33.5 Å². The molecule has 1 aromatic carbocycles. The van der Waals surface area contributed by atoms with Gasteiger partial charge in [0, 0.05) is 32.2 Å². The minimum atomic E-state index is -0.781. The van der Waals surface area contributed by atoms with Gasteiger partial charge in [-0.05, 0) is 18.9 Å². The number of carbonyl (C=O) groups excluding carboxylic acids is 1. The van der Waals surface area contributed by atoms with E-state index in [0.29, 0.717) is 32.8 Å². The molecule has 2 heterocycles. The minimum Gasteiger partial charge on any atom is -0.465 e. The molecule has 2 aliphatic rings. The van der Waals surface area contributed by atoms with Gasteiger partial charge in [0.1, 0.15) is 12.4 Å². The van der Waals surface area contributed by atoms with E-state index in [4.69, 9.17) is 14.2 Å². The van der Waals surface area contributed by atoms with E-state index in [1.54, 1.807) is 12.0 Å². The Balaban J connectivity index is 1.98. The highest BCUT2D eigenvalue weighted by molar-refractivity contribution is 5.77. The maximum absolute atomic E-state index is 12.7. The van der Waals surface area contributed by atoms with Crippen molar-refractivity contribution in [3.05, 3.63) is 29.3 Å². The predicted molar refractivity (Wildman–Crippen MR) is 90.1 cm³/mol. The van der Waals surface area contributed by atoms with Crippen LogP contribution in [0.1, 0.15) is 37.4 Å². The van der Waals surface area contributed by atoms with Crippen molar-refractivity contribution >= 4 is 6.03 Å². The van der Waals surface area contributed by atoms with Crippen molar-refractivity contribution < 1.29 is 19.0 Å². The zero-order valence-corrected chi connectivity index (χ0v) is 14.6. The van der Waals surface area contributed by atoms with Crippen LogP contribution in [0, 0.1) is 0 Å². The van der Waals surface area contributed by atoms with E-state index >= 15 is 0 Å². The quantitative estimate of drug-likeness (QED) is 0.778. The highest BCUT2D eigenvalue weighted by Crippen LogP contribution is 2.45. The number of carbonyl (C=O) groups is 1. The summed E-state index contributed by atoms with van der Waals surface area (Å²) in [7, 11) is 1.64. The third kappa shape index (κ3) is 2.84. The van der Waals surface area contributed by atoms with Crippen molar-refractivity contribution in [3.63, 3.8) is 0 Å². The fraction of sp³-hybridized carbons (Fsp3) is 0.611. The Morgan fingerprint density at radius 3 is 2.96 bits per heavy atom. The summed E-state index contributed by atoms with van der Waals surface area (Å²) >= 11 is 0. The molecule has 1 fully saturated rings. The van der Waals surface area contributed by atoms with Crippen molar-refractivity contribution in [3.8, 4) is 5.75 Å². The summed E-state index contributed by atoms with van der Waals surface area (Å²) in [6.45, 7) is 5.96. The molecule has 0 aromatic heterocycles. The van der Waals surface area contributed by atoms with Crippen molar-refractivity contribution in [1.82, 2.24) is 10.2 Å². The number of rotatable bonds is 7. The first-order chi connectivity index (χ1) is 11.6. The number of hydrogen-bond acceptors (Lipinski definition) is 4. The zero-order valence-electron chi connectivity index (χ0n) is 14.6. The summed E-state index contributed by atoms with van der Waals surface area (Å²) in [6.07, 6.45) is 1.55. The number of ether oxygens (including phenoxy) is 3. The SMILES string of the molecule is CCOCCN1C(=O)NC2CC1(COC)Oc1c(CC)cccc12. The lowest BCUT2D eigenvalue weighted by Gasteiger charge is -2.52. The first-order valence-corrected chi connectivity index (χ1v) is 8.60. The molecule has 6 heteroatoms. The molecule has 132 valence electrons. The van der Waals surface area contributed by atoms with Crippen LogP contribution in [0.5, 0.6) is 5.75 Å². The van der Waals surface area contributed by atoms with E-state index in [9.17, 15) is 4.79 Å². The van der Waals surface area contributed by atoms with Gasteiger partial charge >= 0.3 is 6.03 Å². The molecule has 0 spiro atoms. The lowest BCUT2D eigenvalue weighted by Crippen LogP contribution is -2.68. The summed E-state index contributed by atoms with van der Waals surface area (Å²) in [6, 6.07) is 5.96. The van der Waals surface area contributed by atoms with Crippen LogP contribution in [0.25, 0.3) is 0 Å². The van der Waals surface area contributed by atoms with Gasteiger partial charge in [-0.3, -0.25) is 4.90 Å². The predicted octanol–water partition coefficient (Wildman–Crippen LogP) is 2.48. The number of hydrogen-bond donors (Lipinski definition) is 1. The van der Waals surface area contributed by atoms with E-state index in [1.165, 1.54) is 0 Å². The molecule has 24 heavy (non-hydrogen) atoms. The maximum Gasteiger partial charge on any atom is 0.321 e. The third-order valence-electron chi connectivity index (χ3n) is 4.77. The van der Waals surface area contributed by atoms with Crippen LogP contribution < -0.4 is 10.1 Å². The average Bonchev–Trinajstić information content (AvgIpc) is 2.57. The molecular weight excluding hydrogens is 308 g/mol. The largest absolute Gasteiger partial charge is 0.465 e. The molecular formula is C18H26N2O4. The molecule has 1 aromatic rings.